The Kier molecular flexibility index (Phi) is 5.24. The van der Waals surface area contributed by atoms with Crippen LogP contribution < -0.4 is 0 Å². The molecule has 130 valence electrons. The Hall–Kier alpha value is -1.81. The fourth-order valence-electron chi connectivity index (χ4n) is 3.74. The summed E-state index contributed by atoms with van der Waals surface area (Å²) in [6.45, 7) is 7.24. The number of aromatic nitrogens is 1. The molecule has 0 N–H and O–H groups in total. The molecule has 2 aromatic rings. The number of rotatable bonds is 5. The number of morpholine rings is 1. The molecule has 0 saturated carbocycles. The largest absolute Gasteiger partial charge is 0.378 e. The predicted molar refractivity (Wildman–Crippen MR) is 97.1 cm³/mol. The van der Waals surface area contributed by atoms with Crippen molar-refractivity contribution in [3.8, 4) is 0 Å². The summed E-state index contributed by atoms with van der Waals surface area (Å²) in [5.41, 5.74) is 2.54. The Morgan fingerprint density at radius 2 is 1.92 bits per heavy atom. The first-order valence-corrected chi connectivity index (χ1v) is 8.95. The van der Waals surface area contributed by atoms with Gasteiger partial charge in [-0.2, -0.15) is 0 Å². The zero-order valence-corrected chi connectivity index (χ0v) is 15.0. The van der Waals surface area contributed by atoms with Crippen LogP contribution in [-0.2, 0) is 16.6 Å². The number of benzene rings is 1. The molecule has 0 radical (unpaired) electrons. The van der Waals surface area contributed by atoms with Crippen LogP contribution in [0.3, 0.4) is 0 Å². The lowest BCUT2D eigenvalue weighted by Crippen LogP contribution is -2.41. The van der Waals surface area contributed by atoms with Gasteiger partial charge in [-0.05, 0) is 29.9 Å². The zero-order valence-electron chi connectivity index (χ0n) is 15.0. The van der Waals surface area contributed by atoms with Crippen LogP contribution in [0.1, 0.15) is 38.2 Å². The van der Waals surface area contributed by atoms with Gasteiger partial charge in [0.1, 0.15) is 0 Å². The van der Waals surface area contributed by atoms with Gasteiger partial charge < -0.3 is 14.2 Å². The lowest BCUT2D eigenvalue weighted by Gasteiger charge is -2.29. The smallest absolute Gasteiger partial charge is 0.223 e. The molecule has 4 heteroatoms. The highest BCUT2D eigenvalue weighted by atomic mass is 16.5. The molecule has 0 spiro atoms. The Morgan fingerprint density at radius 1 is 1.21 bits per heavy atom. The first-order chi connectivity index (χ1) is 11.6. The molecule has 0 unspecified atom stereocenters. The number of ether oxygens (including phenoxy) is 1. The van der Waals surface area contributed by atoms with Gasteiger partial charge in [0.05, 0.1) is 13.2 Å². The van der Waals surface area contributed by atoms with Gasteiger partial charge in [-0.25, -0.2) is 0 Å². The highest BCUT2D eigenvalue weighted by Crippen LogP contribution is 2.34. The van der Waals surface area contributed by atoms with Crippen LogP contribution in [-0.4, -0.2) is 41.7 Å². The van der Waals surface area contributed by atoms with Gasteiger partial charge in [-0.15, -0.1) is 0 Å². The topological polar surface area (TPSA) is 34.5 Å². The van der Waals surface area contributed by atoms with Crippen molar-refractivity contribution in [2.45, 2.75) is 32.6 Å². The molecular weight excluding hydrogens is 300 g/mol. The molecular formula is C20H28N2O2. The van der Waals surface area contributed by atoms with E-state index in [0.29, 0.717) is 25.6 Å². The van der Waals surface area contributed by atoms with Gasteiger partial charge in [0, 0.05) is 43.7 Å². The van der Waals surface area contributed by atoms with Gasteiger partial charge in [-0.3, -0.25) is 4.79 Å². The molecule has 1 saturated heterocycles. The van der Waals surface area contributed by atoms with E-state index in [9.17, 15) is 4.79 Å². The summed E-state index contributed by atoms with van der Waals surface area (Å²) in [5.74, 6) is 1.09. The fraction of sp³-hybridized carbons (Fsp3) is 0.550. The molecule has 1 aromatic carbocycles. The van der Waals surface area contributed by atoms with Crippen molar-refractivity contribution in [1.29, 1.82) is 0 Å². The highest BCUT2D eigenvalue weighted by molar-refractivity contribution is 5.85. The fourth-order valence-corrected chi connectivity index (χ4v) is 3.74. The molecule has 1 aliphatic rings. The molecule has 3 rings (SSSR count). The minimum atomic E-state index is 0.261. The van der Waals surface area contributed by atoms with Gasteiger partial charge in [-0.1, -0.05) is 32.0 Å². The first kappa shape index (κ1) is 17.0. The van der Waals surface area contributed by atoms with E-state index in [1.807, 2.05) is 4.90 Å². The molecule has 0 aliphatic carbocycles. The van der Waals surface area contributed by atoms with E-state index in [1.54, 1.807) is 0 Å². The summed E-state index contributed by atoms with van der Waals surface area (Å²) >= 11 is 0. The summed E-state index contributed by atoms with van der Waals surface area (Å²) in [6, 6.07) is 8.48. The molecule has 24 heavy (non-hydrogen) atoms. The number of hydrogen-bond acceptors (Lipinski definition) is 2. The van der Waals surface area contributed by atoms with Crippen LogP contribution in [0.15, 0.2) is 30.5 Å². The Bertz CT molecular complexity index is 699. The van der Waals surface area contributed by atoms with Crippen molar-refractivity contribution in [3.63, 3.8) is 0 Å². The van der Waals surface area contributed by atoms with Gasteiger partial charge in [0.25, 0.3) is 0 Å². The lowest BCUT2D eigenvalue weighted by molar-refractivity contribution is -0.135. The van der Waals surface area contributed by atoms with Crippen molar-refractivity contribution in [2.75, 3.05) is 26.3 Å². The van der Waals surface area contributed by atoms with Crippen LogP contribution in [0.2, 0.25) is 0 Å². The van der Waals surface area contributed by atoms with Crippen molar-refractivity contribution in [3.05, 3.63) is 36.0 Å². The quantitative estimate of drug-likeness (QED) is 0.841. The van der Waals surface area contributed by atoms with Crippen LogP contribution in [0.5, 0.6) is 0 Å². The number of aryl methyl sites for hydroxylation is 1. The predicted octanol–water partition coefficient (Wildman–Crippen LogP) is 3.56. The molecule has 4 nitrogen and oxygen atoms in total. The Morgan fingerprint density at radius 3 is 2.62 bits per heavy atom. The number of para-hydroxylation sites is 1. The van der Waals surface area contributed by atoms with E-state index in [0.717, 1.165) is 19.5 Å². The zero-order chi connectivity index (χ0) is 17.1. The maximum atomic E-state index is 12.8. The third-order valence-electron chi connectivity index (χ3n) is 4.91. The molecule has 1 atom stereocenters. The van der Waals surface area contributed by atoms with E-state index in [2.05, 4.69) is 55.9 Å². The summed E-state index contributed by atoms with van der Waals surface area (Å²) in [4.78, 5) is 14.7. The summed E-state index contributed by atoms with van der Waals surface area (Å²) in [5, 5.41) is 1.28. The second-order valence-electron chi connectivity index (χ2n) is 7.24. The minimum Gasteiger partial charge on any atom is -0.378 e. The standard InChI is InChI=1S/C20H28N2O2/c1-15(2)12-16(13-20(23)22-8-10-24-11-9-22)18-14-21(3)19-7-5-4-6-17(18)19/h4-7,14-16H,8-13H2,1-3H3/t16-/m0/s1. The van der Waals surface area contributed by atoms with Crippen LogP contribution in [0.25, 0.3) is 10.9 Å². The number of hydrogen-bond donors (Lipinski definition) is 0. The van der Waals surface area contributed by atoms with Gasteiger partial charge in [0.2, 0.25) is 5.91 Å². The number of amides is 1. The third-order valence-corrected chi connectivity index (χ3v) is 4.91. The molecule has 1 amide bonds. The maximum Gasteiger partial charge on any atom is 0.223 e. The van der Waals surface area contributed by atoms with E-state index < -0.39 is 0 Å². The molecule has 1 aliphatic heterocycles. The minimum absolute atomic E-state index is 0.261. The van der Waals surface area contributed by atoms with E-state index in [4.69, 9.17) is 4.74 Å². The second kappa shape index (κ2) is 7.39. The SMILES string of the molecule is CC(C)C[C@@H](CC(=O)N1CCOCC1)c1cn(C)c2ccccc12. The van der Waals surface area contributed by atoms with Gasteiger partial charge >= 0.3 is 0 Å². The Labute approximate surface area is 144 Å². The normalized spacial score (nSPS) is 16.8. The van der Waals surface area contributed by atoms with E-state index >= 15 is 0 Å². The number of carbonyl (C=O) groups is 1. The molecule has 0 bridgehead atoms. The van der Waals surface area contributed by atoms with Crippen LogP contribution in [0.4, 0.5) is 0 Å². The maximum absolute atomic E-state index is 12.8. The summed E-state index contributed by atoms with van der Waals surface area (Å²) in [7, 11) is 2.09. The van der Waals surface area contributed by atoms with E-state index in [1.165, 1.54) is 16.5 Å². The van der Waals surface area contributed by atoms with Crippen molar-refractivity contribution in [1.82, 2.24) is 9.47 Å². The molecule has 2 heterocycles. The lowest BCUT2D eigenvalue weighted by atomic mass is 9.87. The van der Waals surface area contributed by atoms with Gasteiger partial charge in [0.15, 0.2) is 0 Å². The van der Waals surface area contributed by atoms with E-state index in [-0.39, 0.29) is 11.8 Å². The second-order valence-corrected chi connectivity index (χ2v) is 7.24. The molecule has 1 aromatic heterocycles. The van der Waals surface area contributed by atoms with Crippen molar-refractivity contribution < 1.29 is 9.53 Å². The van der Waals surface area contributed by atoms with Crippen LogP contribution >= 0.6 is 0 Å². The average Bonchev–Trinajstić information content (AvgIpc) is 2.92. The number of nitrogens with zero attached hydrogens (tertiary/aromatic N) is 2. The summed E-state index contributed by atoms with van der Waals surface area (Å²) in [6.07, 6.45) is 3.83. The Balaban J connectivity index is 1.86. The molecule has 1 fully saturated rings. The van der Waals surface area contributed by atoms with Crippen LogP contribution in [0, 0.1) is 5.92 Å². The number of fused-ring (bicyclic) bond motifs is 1. The number of carbonyl (C=O) groups excluding carboxylic acids is 1. The summed E-state index contributed by atoms with van der Waals surface area (Å²) < 4.78 is 7.55. The van der Waals surface area contributed by atoms with Crippen molar-refractivity contribution in [2.24, 2.45) is 13.0 Å². The highest BCUT2D eigenvalue weighted by Gasteiger charge is 2.25. The third kappa shape index (κ3) is 3.64. The first-order valence-electron chi connectivity index (χ1n) is 8.95. The van der Waals surface area contributed by atoms with Crippen molar-refractivity contribution >= 4 is 16.8 Å². The average molecular weight is 328 g/mol. The monoisotopic (exact) mass is 328 g/mol.